The smallest absolute Gasteiger partial charge is 0.270 e. The van der Waals surface area contributed by atoms with Crippen LogP contribution in [0.2, 0.25) is 0 Å². The molecule has 0 aliphatic carbocycles. The quantitative estimate of drug-likeness (QED) is 0.149. The molecule has 1 amide bonds. The minimum Gasteiger partial charge on any atom is -0.491 e. The van der Waals surface area contributed by atoms with E-state index < -0.39 is 34.1 Å². The second-order valence-corrected chi connectivity index (χ2v) is 11.8. The molecule has 4 aromatic carbocycles. The number of nitro groups is 1. The standard InChI is InChI=1S/C36H29N3O6/c1-21(2)45-26-16-14-23(15-17-26)32(40)30-31(33(41)24-9-7-10-25(20-24)39(43)44)38-19-18-22-8-3-4-11-27(22)34(38)36(30)28-12-5-6-13-29(28)37-35(36)42/h3-21,30-31,34H,1-2H3,(H,37,42)/t30-,31-,34-,36-/m1/s1. The Bertz CT molecular complexity index is 1920. The first kappa shape index (κ1) is 28.2. The summed E-state index contributed by atoms with van der Waals surface area (Å²) in [4.78, 5) is 57.1. The molecule has 0 unspecified atom stereocenters. The van der Waals surface area contributed by atoms with Crippen LogP contribution in [0.1, 0.15) is 57.3 Å². The predicted octanol–water partition coefficient (Wildman–Crippen LogP) is 6.36. The van der Waals surface area contributed by atoms with Gasteiger partial charge in [0.1, 0.15) is 17.2 Å². The Balaban J connectivity index is 1.48. The van der Waals surface area contributed by atoms with Crippen LogP contribution in [0.15, 0.2) is 103 Å². The number of ether oxygens (including phenoxy) is 1. The third-order valence-corrected chi connectivity index (χ3v) is 8.97. The van der Waals surface area contributed by atoms with Crippen LogP contribution in [0.5, 0.6) is 5.75 Å². The van der Waals surface area contributed by atoms with Crippen LogP contribution in [-0.2, 0) is 10.2 Å². The molecule has 3 aliphatic rings. The summed E-state index contributed by atoms with van der Waals surface area (Å²) >= 11 is 0. The second-order valence-electron chi connectivity index (χ2n) is 11.8. The Hall–Kier alpha value is -5.57. The van der Waals surface area contributed by atoms with E-state index in [9.17, 15) is 24.5 Å². The number of amides is 1. The first-order valence-electron chi connectivity index (χ1n) is 14.8. The number of Topliss-reactive ketones (excluding diaryl/α,β-unsaturated/α-hetero) is 2. The number of non-ortho nitro benzene ring substituents is 1. The lowest BCUT2D eigenvalue weighted by Crippen LogP contribution is -2.49. The summed E-state index contributed by atoms with van der Waals surface area (Å²) in [7, 11) is 0. The summed E-state index contributed by atoms with van der Waals surface area (Å²) in [6, 6.07) is 25.3. The lowest BCUT2D eigenvalue weighted by atomic mass is 9.62. The van der Waals surface area contributed by atoms with Gasteiger partial charge in [0.15, 0.2) is 11.6 Å². The van der Waals surface area contributed by atoms with Gasteiger partial charge < -0.3 is 15.0 Å². The van der Waals surface area contributed by atoms with Gasteiger partial charge in [-0.25, -0.2) is 0 Å². The topological polar surface area (TPSA) is 119 Å². The van der Waals surface area contributed by atoms with Crippen molar-refractivity contribution in [3.05, 3.63) is 141 Å². The molecule has 1 N–H and O–H groups in total. The molecule has 1 spiro atoms. The fourth-order valence-corrected chi connectivity index (χ4v) is 7.26. The molecule has 0 bridgehead atoms. The number of carbonyl (C=O) groups is 3. The highest BCUT2D eigenvalue weighted by Crippen LogP contribution is 2.62. The van der Waals surface area contributed by atoms with Crippen molar-refractivity contribution in [1.29, 1.82) is 0 Å². The van der Waals surface area contributed by atoms with E-state index in [0.29, 0.717) is 22.6 Å². The summed E-state index contributed by atoms with van der Waals surface area (Å²) in [6.45, 7) is 3.81. The van der Waals surface area contributed by atoms with Gasteiger partial charge in [0.25, 0.3) is 5.69 Å². The molecule has 4 aromatic rings. The molecule has 0 radical (unpaired) electrons. The second kappa shape index (κ2) is 10.6. The molecule has 9 heteroatoms. The number of fused-ring (bicyclic) bond motifs is 6. The van der Waals surface area contributed by atoms with Gasteiger partial charge in [-0.05, 0) is 66.9 Å². The van der Waals surface area contributed by atoms with Crippen LogP contribution in [0.25, 0.3) is 6.08 Å². The monoisotopic (exact) mass is 599 g/mol. The number of para-hydroxylation sites is 1. The minimum atomic E-state index is -1.50. The van der Waals surface area contributed by atoms with E-state index in [1.807, 2.05) is 67.3 Å². The normalized spacial score (nSPS) is 22.5. The van der Waals surface area contributed by atoms with E-state index in [-0.39, 0.29) is 29.0 Å². The highest BCUT2D eigenvalue weighted by Gasteiger charge is 2.70. The number of hydrogen-bond acceptors (Lipinski definition) is 7. The molecule has 0 aromatic heterocycles. The summed E-state index contributed by atoms with van der Waals surface area (Å²) in [6.07, 6.45) is 3.58. The molecular formula is C36H29N3O6. The first-order chi connectivity index (χ1) is 21.7. The van der Waals surface area contributed by atoms with Crippen molar-refractivity contribution in [2.75, 3.05) is 5.32 Å². The maximum Gasteiger partial charge on any atom is 0.270 e. The van der Waals surface area contributed by atoms with Crippen molar-refractivity contribution in [3.63, 3.8) is 0 Å². The molecule has 0 saturated carbocycles. The van der Waals surface area contributed by atoms with Crippen LogP contribution in [0.3, 0.4) is 0 Å². The Labute approximate surface area is 259 Å². The number of carbonyl (C=O) groups excluding carboxylic acids is 3. The fraction of sp³-hybridized carbons (Fsp3) is 0.194. The van der Waals surface area contributed by atoms with Crippen molar-refractivity contribution < 1.29 is 24.0 Å². The van der Waals surface area contributed by atoms with Crippen molar-refractivity contribution >= 4 is 34.9 Å². The Morgan fingerprint density at radius 1 is 0.911 bits per heavy atom. The summed E-state index contributed by atoms with van der Waals surface area (Å²) in [5, 5.41) is 14.7. The van der Waals surface area contributed by atoms with Crippen LogP contribution < -0.4 is 10.1 Å². The zero-order valence-corrected chi connectivity index (χ0v) is 24.5. The van der Waals surface area contributed by atoms with E-state index in [2.05, 4.69) is 5.32 Å². The number of nitrogens with zero attached hydrogens (tertiary/aromatic N) is 2. The molecule has 224 valence electrons. The fourth-order valence-electron chi connectivity index (χ4n) is 7.26. The third kappa shape index (κ3) is 4.26. The average molecular weight is 600 g/mol. The van der Waals surface area contributed by atoms with Gasteiger partial charge in [-0.2, -0.15) is 0 Å². The first-order valence-corrected chi connectivity index (χ1v) is 14.8. The van der Waals surface area contributed by atoms with E-state index in [4.69, 9.17) is 4.74 Å². The van der Waals surface area contributed by atoms with Crippen molar-refractivity contribution in [2.45, 2.75) is 37.5 Å². The van der Waals surface area contributed by atoms with E-state index in [1.54, 1.807) is 36.5 Å². The predicted molar refractivity (Wildman–Crippen MR) is 168 cm³/mol. The minimum absolute atomic E-state index is 0.0666. The van der Waals surface area contributed by atoms with Crippen LogP contribution >= 0.6 is 0 Å². The zero-order valence-electron chi connectivity index (χ0n) is 24.5. The number of benzene rings is 4. The molecule has 7 rings (SSSR count). The maximum atomic E-state index is 14.9. The number of anilines is 1. The highest BCUT2D eigenvalue weighted by molar-refractivity contribution is 6.16. The van der Waals surface area contributed by atoms with Crippen molar-refractivity contribution in [3.8, 4) is 5.75 Å². The molecule has 45 heavy (non-hydrogen) atoms. The van der Waals surface area contributed by atoms with E-state index in [1.165, 1.54) is 24.3 Å². The average Bonchev–Trinajstić information content (AvgIpc) is 3.52. The van der Waals surface area contributed by atoms with Gasteiger partial charge in [0.2, 0.25) is 5.91 Å². The van der Waals surface area contributed by atoms with Gasteiger partial charge in [0, 0.05) is 35.1 Å². The van der Waals surface area contributed by atoms with E-state index >= 15 is 0 Å². The lowest BCUT2D eigenvalue weighted by Gasteiger charge is -2.38. The summed E-state index contributed by atoms with van der Waals surface area (Å²) < 4.78 is 5.79. The Morgan fingerprint density at radius 3 is 2.40 bits per heavy atom. The molecule has 3 heterocycles. The van der Waals surface area contributed by atoms with Gasteiger partial charge in [-0.3, -0.25) is 24.5 Å². The Morgan fingerprint density at radius 2 is 1.64 bits per heavy atom. The van der Waals surface area contributed by atoms with Crippen molar-refractivity contribution in [2.24, 2.45) is 5.92 Å². The molecule has 9 nitrogen and oxygen atoms in total. The van der Waals surface area contributed by atoms with Crippen LogP contribution in [0.4, 0.5) is 11.4 Å². The summed E-state index contributed by atoms with van der Waals surface area (Å²) in [5.74, 6) is -1.85. The largest absolute Gasteiger partial charge is 0.491 e. The molecule has 4 atom stereocenters. The van der Waals surface area contributed by atoms with Gasteiger partial charge in [0.05, 0.1) is 23.0 Å². The molecule has 1 saturated heterocycles. The van der Waals surface area contributed by atoms with Gasteiger partial charge in [-0.15, -0.1) is 0 Å². The zero-order chi connectivity index (χ0) is 31.5. The molecule has 3 aliphatic heterocycles. The van der Waals surface area contributed by atoms with Crippen molar-refractivity contribution in [1.82, 2.24) is 4.90 Å². The number of nitro benzene ring substituents is 1. The van der Waals surface area contributed by atoms with Gasteiger partial charge in [-0.1, -0.05) is 54.6 Å². The van der Waals surface area contributed by atoms with E-state index in [0.717, 1.165) is 11.1 Å². The number of ketones is 2. The SMILES string of the molecule is CC(C)Oc1ccc(C(=O)[C@H]2[C@H](C(=O)c3cccc([N+](=O)[O-])c3)N3C=Cc4ccccc4[C@@H]3[C@]23C(=O)Nc2ccccc23)cc1. The lowest BCUT2D eigenvalue weighted by molar-refractivity contribution is -0.384. The molecular weight excluding hydrogens is 570 g/mol. The van der Waals surface area contributed by atoms with Crippen LogP contribution in [0, 0.1) is 16.0 Å². The highest BCUT2D eigenvalue weighted by atomic mass is 16.6. The van der Waals surface area contributed by atoms with Crippen LogP contribution in [-0.4, -0.2) is 39.4 Å². The number of hydrogen-bond donors (Lipinski definition) is 1. The van der Waals surface area contributed by atoms with Gasteiger partial charge >= 0.3 is 0 Å². The molecule has 1 fully saturated rings. The number of nitrogens with one attached hydrogen (secondary N) is 1. The Kier molecular flexibility index (Phi) is 6.62. The maximum absolute atomic E-state index is 14.9. The third-order valence-electron chi connectivity index (χ3n) is 8.97. The number of rotatable bonds is 7. The summed E-state index contributed by atoms with van der Waals surface area (Å²) in [5.41, 5.74) is 1.56.